The topological polar surface area (TPSA) is 62.1 Å². The Morgan fingerprint density at radius 3 is 2.54 bits per heavy atom. The van der Waals surface area contributed by atoms with Crippen molar-refractivity contribution in [1.82, 2.24) is 19.7 Å². The summed E-state index contributed by atoms with van der Waals surface area (Å²) in [6, 6.07) is 9.23. The van der Waals surface area contributed by atoms with Gasteiger partial charge in [0.1, 0.15) is 0 Å². The fourth-order valence-electron chi connectivity index (χ4n) is 2.65. The zero-order valence-electron chi connectivity index (χ0n) is 13.0. The first-order chi connectivity index (χ1) is 11.7. The quantitative estimate of drug-likeness (QED) is 0.570. The van der Waals surface area contributed by atoms with Crippen LogP contribution >= 0.6 is 11.6 Å². The Balaban J connectivity index is 2.05. The lowest BCUT2D eigenvalue weighted by Crippen LogP contribution is -2.00. The van der Waals surface area contributed by atoms with Crippen LogP contribution in [0.3, 0.4) is 0 Å². The predicted octanol–water partition coefficient (Wildman–Crippen LogP) is 3.64. The van der Waals surface area contributed by atoms with Crippen LogP contribution in [-0.2, 0) is 0 Å². The summed E-state index contributed by atoms with van der Waals surface area (Å²) in [5, 5.41) is 6.48. The molecular formula is C17H13ClN4O2. The molecule has 0 saturated carbocycles. The minimum absolute atomic E-state index is 0.568. The van der Waals surface area contributed by atoms with E-state index in [9.17, 15) is 0 Å². The fraction of sp³-hybridized carbons (Fsp3) is 0.118. The van der Waals surface area contributed by atoms with Crippen LogP contribution in [0.5, 0.6) is 11.5 Å². The van der Waals surface area contributed by atoms with Gasteiger partial charge in [0.15, 0.2) is 23.0 Å². The third kappa shape index (κ3) is 2.15. The number of fused-ring (bicyclic) bond motifs is 2. The van der Waals surface area contributed by atoms with E-state index in [1.165, 1.54) is 0 Å². The summed E-state index contributed by atoms with van der Waals surface area (Å²) in [7, 11) is 3.17. The van der Waals surface area contributed by atoms with Crippen LogP contribution in [0.25, 0.3) is 27.8 Å². The van der Waals surface area contributed by atoms with Crippen molar-refractivity contribution in [1.29, 1.82) is 0 Å². The molecule has 1 aromatic carbocycles. The van der Waals surface area contributed by atoms with E-state index in [4.69, 9.17) is 26.1 Å². The van der Waals surface area contributed by atoms with Crippen LogP contribution < -0.4 is 9.47 Å². The number of rotatable bonds is 3. The number of pyridine rings is 2. The second-order valence-corrected chi connectivity index (χ2v) is 5.51. The number of halogens is 1. The Labute approximate surface area is 142 Å². The molecule has 0 fully saturated rings. The number of hydrogen-bond acceptors (Lipinski definition) is 5. The summed E-state index contributed by atoms with van der Waals surface area (Å²) in [6.45, 7) is 0. The smallest absolute Gasteiger partial charge is 0.166 e. The average Bonchev–Trinajstić information content (AvgIpc) is 3.05. The lowest BCUT2D eigenvalue weighted by atomic mass is 10.1. The Morgan fingerprint density at radius 1 is 1.04 bits per heavy atom. The Hall–Kier alpha value is -2.86. The van der Waals surface area contributed by atoms with Crippen molar-refractivity contribution in [2.75, 3.05) is 14.2 Å². The molecule has 0 radical (unpaired) electrons. The van der Waals surface area contributed by atoms with Crippen molar-refractivity contribution in [3.63, 3.8) is 0 Å². The van der Waals surface area contributed by atoms with Gasteiger partial charge in [-0.25, -0.2) is 9.97 Å². The van der Waals surface area contributed by atoms with Gasteiger partial charge in [-0.1, -0.05) is 17.7 Å². The van der Waals surface area contributed by atoms with E-state index in [-0.39, 0.29) is 0 Å². The molecule has 7 heteroatoms. The molecule has 0 bridgehead atoms. The van der Waals surface area contributed by atoms with Crippen LogP contribution in [0, 0.1) is 0 Å². The second-order valence-electron chi connectivity index (χ2n) is 5.13. The van der Waals surface area contributed by atoms with Gasteiger partial charge in [-0.2, -0.15) is 9.78 Å². The van der Waals surface area contributed by atoms with Crippen molar-refractivity contribution < 1.29 is 9.47 Å². The molecule has 0 aliphatic heterocycles. The molecule has 3 aromatic heterocycles. The first-order valence-electron chi connectivity index (χ1n) is 7.23. The highest BCUT2D eigenvalue weighted by Crippen LogP contribution is 2.37. The molecule has 0 saturated heterocycles. The number of aromatic nitrogens is 4. The largest absolute Gasteiger partial charge is 0.493 e. The van der Waals surface area contributed by atoms with Gasteiger partial charge in [0.05, 0.1) is 36.3 Å². The van der Waals surface area contributed by atoms with Crippen molar-refractivity contribution in [2.45, 2.75) is 0 Å². The van der Waals surface area contributed by atoms with Crippen molar-refractivity contribution in [3.8, 4) is 17.3 Å². The molecule has 3 heterocycles. The fourth-order valence-corrected chi connectivity index (χ4v) is 2.93. The molecule has 0 amide bonds. The second kappa shape index (κ2) is 5.65. The Kier molecular flexibility index (Phi) is 3.46. The normalized spacial score (nSPS) is 11.1. The van der Waals surface area contributed by atoms with Crippen LogP contribution in [0.15, 0.2) is 42.7 Å². The molecule has 0 unspecified atom stereocenters. The highest BCUT2D eigenvalue weighted by molar-refractivity contribution is 6.40. The number of benzene rings is 1. The SMILES string of the molecule is COc1cc2nc3c(cnn3-c3ccccn3)c(Cl)c2cc1OC. The summed E-state index contributed by atoms with van der Waals surface area (Å²) < 4.78 is 12.4. The number of methoxy groups -OCH3 is 2. The number of ether oxygens (including phenoxy) is 2. The van der Waals surface area contributed by atoms with E-state index >= 15 is 0 Å². The molecule has 6 nitrogen and oxygen atoms in total. The zero-order valence-corrected chi connectivity index (χ0v) is 13.8. The molecule has 0 N–H and O–H groups in total. The minimum atomic E-state index is 0.568. The lowest BCUT2D eigenvalue weighted by Gasteiger charge is -2.10. The average molecular weight is 341 g/mol. The van der Waals surface area contributed by atoms with Crippen LogP contribution in [0.4, 0.5) is 0 Å². The van der Waals surface area contributed by atoms with Gasteiger partial charge in [0.2, 0.25) is 0 Å². The van der Waals surface area contributed by atoms with Crippen LogP contribution in [0.1, 0.15) is 0 Å². The Bertz CT molecular complexity index is 1050. The molecule has 0 aliphatic rings. The highest BCUT2D eigenvalue weighted by atomic mass is 35.5. The third-order valence-electron chi connectivity index (χ3n) is 3.81. The summed E-state index contributed by atoms with van der Waals surface area (Å²) in [6.07, 6.45) is 3.40. The van der Waals surface area contributed by atoms with Gasteiger partial charge in [-0.15, -0.1) is 0 Å². The van der Waals surface area contributed by atoms with E-state index < -0.39 is 0 Å². The number of hydrogen-bond donors (Lipinski definition) is 0. The van der Waals surface area contributed by atoms with Gasteiger partial charge >= 0.3 is 0 Å². The predicted molar refractivity (Wildman–Crippen MR) is 92.3 cm³/mol. The van der Waals surface area contributed by atoms with Crippen LogP contribution in [0.2, 0.25) is 5.02 Å². The molecule has 120 valence electrons. The molecule has 0 aliphatic carbocycles. The first-order valence-corrected chi connectivity index (χ1v) is 7.61. The maximum Gasteiger partial charge on any atom is 0.166 e. The van der Waals surface area contributed by atoms with E-state index in [2.05, 4.69) is 10.1 Å². The van der Waals surface area contributed by atoms with Crippen molar-refractivity contribution in [2.24, 2.45) is 0 Å². The van der Waals surface area contributed by atoms with Gasteiger partial charge in [-0.05, 0) is 18.2 Å². The van der Waals surface area contributed by atoms with Gasteiger partial charge in [0, 0.05) is 17.6 Å². The zero-order chi connectivity index (χ0) is 16.7. The van der Waals surface area contributed by atoms with Gasteiger partial charge in [0.25, 0.3) is 0 Å². The Morgan fingerprint density at radius 2 is 1.83 bits per heavy atom. The monoisotopic (exact) mass is 340 g/mol. The molecular weight excluding hydrogens is 328 g/mol. The lowest BCUT2D eigenvalue weighted by molar-refractivity contribution is 0.356. The van der Waals surface area contributed by atoms with E-state index in [0.29, 0.717) is 33.5 Å². The molecule has 4 rings (SSSR count). The van der Waals surface area contributed by atoms with Gasteiger partial charge < -0.3 is 9.47 Å². The maximum absolute atomic E-state index is 6.59. The maximum atomic E-state index is 6.59. The molecule has 0 atom stereocenters. The van der Waals surface area contributed by atoms with Crippen LogP contribution in [-0.4, -0.2) is 34.0 Å². The van der Waals surface area contributed by atoms with Gasteiger partial charge in [-0.3, -0.25) is 0 Å². The molecule has 0 spiro atoms. The molecule has 24 heavy (non-hydrogen) atoms. The summed E-state index contributed by atoms with van der Waals surface area (Å²) in [5.41, 5.74) is 1.33. The van der Waals surface area contributed by atoms with E-state index in [1.54, 1.807) is 37.4 Å². The van der Waals surface area contributed by atoms with Crippen molar-refractivity contribution >= 4 is 33.5 Å². The van der Waals surface area contributed by atoms with E-state index in [0.717, 1.165) is 10.8 Å². The van der Waals surface area contributed by atoms with Crippen molar-refractivity contribution in [3.05, 3.63) is 47.7 Å². The highest BCUT2D eigenvalue weighted by Gasteiger charge is 2.16. The summed E-state index contributed by atoms with van der Waals surface area (Å²) >= 11 is 6.59. The summed E-state index contributed by atoms with van der Waals surface area (Å²) in [5.74, 6) is 1.87. The van der Waals surface area contributed by atoms with E-state index in [1.807, 2.05) is 24.3 Å². The minimum Gasteiger partial charge on any atom is -0.493 e. The third-order valence-corrected chi connectivity index (χ3v) is 4.22. The molecule has 4 aromatic rings. The summed E-state index contributed by atoms with van der Waals surface area (Å²) in [4.78, 5) is 9.01. The standard InChI is InChI=1S/C17H13ClN4O2/c1-23-13-7-10-12(8-14(13)24-2)21-17-11(16(10)18)9-20-22(17)15-5-3-4-6-19-15/h3-9H,1-2H3. The first kappa shape index (κ1) is 14.7. The number of nitrogens with zero attached hydrogens (tertiary/aromatic N) is 4.